The number of rotatable bonds is 20. The topological polar surface area (TPSA) is 167 Å². The van der Waals surface area contributed by atoms with Gasteiger partial charge in [-0.3, -0.25) is 0 Å². The summed E-state index contributed by atoms with van der Waals surface area (Å²) in [6.45, 7) is 0. The molecule has 13 nitrogen and oxygen atoms in total. The van der Waals surface area contributed by atoms with E-state index < -0.39 is 47.0 Å². The maximum Gasteiger partial charge on any atom is 0.343 e. The summed E-state index contributed by atoms with van der Waals surface area (Å²) in [5.41, 5.74) is 0.905. The molecule has 0 amide bonds. The minimum absolute atomic E-state index is 0.195. The Kier molecular flexibility index (Phi) is 18.2. The van der Waals surface area contributed by atoms with Crippen LogP contribution in [0.1, 0.15) is 95.5 Å². The van der Waals surface area contributed by atoms with E-state index in [0.29, 0.717) is 66.8 Å². The first-order chi connectivity index (χ1) is 45.5. The molecule has 0 aromatic heterocycles. The third-order valence-corrected chi connectivity index (χ3v) is 15.2. The summed E-state index contributed by atoms with van der Waals surface area (Å²) in [4.78, 5) is 82.0. The molecule has 12 rings (SSSR count). The van der Waals surface area contributed by atoms with Gasteiger partial charge in [0.2, 0.25) is 0 Å². The second-order valence-electron chi connectivity index (χ2n) is 21.1. The third-order valence-electron chi connectivity index (χ3n) is 15.2. The average Bonchev–Trinajstić information content (AvgIpc) is 0.720. The van der Waals surface area contributed by atoms with Gasteiger partial charge in [0.25, 0.3) is 0 Å². The molecule has 0 radical (unpaired) electrons. The molecule has 452 valence electrons. The van der Waals surface area contributed by atoms with Gasteiger partial charge in [0.05, 0.1) is 33.4 Å². The summed E-state index contributed by atoms with van der Waals surface area (Å²) < 4.78 is 44.3. The molecule has 0 bridgehead atoms. The zero-order chi connectivity index (χ0) is 64.0. The molecule has 0 atom stereocenters. The lowest BCUT2D eigenvalue weighted by Crippen LogP contribution is -2.44. The highest BCUT2D eigenvalue weighted by Gasteiger charge is 2.49. The van der Waals surface area contributed by atoms with Crippen molar-refractivity contribution < 1.29 is 61.9 Å². The Bertz CT molecular complexity index is 3790. The molecule has 0 aliphatic rings. The summed E-state index contributed by atoms with van der Waals surface area (Å²) in [7, 11) is 0. The van der Waals surface area contributed by atoms with Crippen molar-refractivity contribution in [2.45, 2.75) is 11.2 Å². The van der Waals surface area contributed by atoms with E-state index in [2.05, 4.69) is 0 Å². The quantitative estimate of drug-likeness (QED) is 0.0402. The molecule has 0 aliphatic heterocycles. The van der Waals surface area contributed by atoms with Crippen molar-refractivity contribution in [1.29, 1.82) is 0 Å². The van der Waals surface area contributed by atoms with Crippen LogP contribution in [0.5, 0.6) is 34.5 Å². The van der Waals surface area contributed by atoms with E-state index in [1.165, 1.54) is 0 Å². The molecule has 93 heavy (non-hydrogen) atoms. The fourth-order valence-electron chi connectivity index (χ4n) is 10.6. The van der Waals surface area contributed by atoms with Crippen LogP contribution in [-0.2, 0) is 15.9 Å². The number of hydrogen-bond donors (Lipinski definition) is 0. The Morgan fingerprint density at radius 3 is 0.430 bits per heavy atom. The van der Waals surface area contributed by atoms with Crippen molar-refractivity contribution in [3.05, 3.63) is 394 Å². The van der Waals surface area contributed by atoms with E-state index in [1.807, 2.05) is 0 Å². The molecule has 12 aromatic rings. The van der Waals surface area contributed by atoms with Gasteiger partial charge in [-0.1, -0.05) is 182 Å². The summed E-state index contributed by atoms with van der Waals surface area (Å²) in [6.07, 6.45) is 0. The van der Waals surface area contributed by atoms with Crippen LogP contribution >= 0.6 is 0 Å². The normalized spacial score (nSPS) is 11.1. The van der Waals surface area contributed by atoms with E-state index in [4.69, 9.17) is 33.2 Å². The van der Waals surface area contributed by atoms with Crippen LogP contribution in [0.3, 0.4) is 0 Å². The second-order valence-corrected chi connectivity index (χ2v) is 21.1. The molecule has 0 N–H and O–H groups in total. The van der Waals surface area contributed by atoms with Crippen LogP contribution in [0.15, 0.2) is 328 Å². The van der Waals surface area contributed by atoms with E-state index in [1.54, 1.807) is 328 Å². The Balaban J connectivity index is 1.09. The van der Waals surface area contributed by atoms with E-state index >= 15 is 0 Å². The maximum absolute atomic E-state index is 13.7. The first-order valence-corrected chi connectivity index (χ1v) is 29.5. The van der Waals surface area contributed by atoms with Gasteiger partial charge in [-0.2, -0.15) is 0 Å². The van der Waals surface area contributed by atoms with Gasteiger partial charge in [-0.15, -0.1) is 0 Å². The minimum Gasteiger partial charge on any atom is -0.423 e. The predicted molar refractivity (Wildman–Crippen MR) is 348 cm³/mol. The molecule has 0 fully saturated rings. The van der Waals surface area contributed by atoms with Crippen LogP contribution in [0, 0.1) is 0 Å². The monoisotopic (exact) mass is 1220 g/mol. The molecule has 0 saturated carbocycles. The SMILES string of the molecule is O=C(Oc1ccc(C(OC(c2ccc(OC(=O)c3ccccc3)cc2)(c2ccc(OC(=O)c3ccccc3)cc2)c2ccc(OC(=O)c3ccccc3)cc2)(c2ccc(OC(=O)c3ccccc3)cc2)c2ccc(OC(=O)c3ccccc3)cc2)cc1)c1ccccc1. The minimum atomic E-state index is -1.87. The molecule has 12 aromatic carbocycles. The van der Waals surface area contributed by atoms with Crippen molar-refractivity contribution in [1.82, 2.24) is 0 Å². The van der Waals surface area contributed by atoms with Gasteiger partial charge in [-0.05, 0) is 179 Å². The van der Waals surface area contributed by atoms with Crippen molar-refractivity contribution in [3.8, 4) is 34.5 Å². The van der Waals surface area contributed by atoms with Crippen molar-refractivity contribution >= 4 is 35.8 Å². The van der Waals surface area contributed by atoms with Crippen molar-refractivity contribution in [3.63, 3.8) is 0 Å². The van der Waals surface area contributed by atoms with E-state index in [-0.39, 0.29) is 34.5 Å². The fraction of sp³-hybridized carbons (Fsp3) is 0.0250. The number of carbonyl (C=O) groups is 6. The maximum atomic E-state index is 13.7. The first kappa shape index (κ1) is 60.7. The zero-order valence-electron chi connectivity index (χ0n) is 49.5. The lowest BCUT2D eigenvalue weighted by molar-refractivity contribution is -0.0810. The summed E-state index contributed by atoms with van der Waals surface area (Å²) >= 11 is 0. The van der Waals surface area contributed by atoms with Crippen molar-refractivity contribution in [2.24, 2.45) is 0 Å². The average molecular weight is 1220 g/mol. The molecular formula is C80H54O13. The van der Waals surface area contributed by atoms with E-state index in [9.17, 15) is 28.8 Å². The predicted octanol–water partition coefficient (Wildman–Crippen LogP) is 16.3. The number of carbonyl (C=O) groups excluding carboxylic acids is 6. The zero-order valence-corrected chi connectivity index (χ0v) is 49.5. The van der Waals surface area contributed by atoms with E-state index in [0.717, 1.165) is 0 Å². The van der Waals surface area contributed by atoms with Crippen LogP contribution in [0.25, 0.3) is 0 Å². The lowest BCUT2D eigenvalue weighted by atomic mass is 9.75. The summed E-state index contributed by atoms with van der Waals surface area (Å²) in [5, 5.41) is 0. The van der Waals surface area contributed by atoms with Gasteiger partial charge in [0.1, 0.15) is 45.7 Å². The second kappa shape index (κ2) is 27.9. The van der Waals surface area contributed by atoms with Gasteiger partial charge in [0.15, 0.2) is 0 Å². The molecule has 0 unspecified atom stereocenters. The molecule has 0 spiro atoms. The van der Waals surface area contributed by atoms with Crippen molar-refractivity contribution in [2.75, 3.05) is 0 Å². The fourth-order valence-corrected chi connectivity index (χ4v) is 10.6. The van der Waals surface area contributed by atoms with Gasteiger partial charge in [0, 0.05) is 0 Å². The van der Waals surface area contributed by atoms with Gasteiger partial charge >= 0.3 is 35.8 Å². The molecular weight excluding hydrogens is 1170 g/mol. The third kappa shape index (κ3) is 13.8. The highest BCUT2D eigenvalue weighted by Crippen LogP contribution is 2.53. The largest absolute Gasteiger partial charge is 0.423 e. The Morgan fingerprint density at radius 1 is 0.172 bits per heavy atom. The van der Waals surface area contributed by atoms with Crippen LogP contribution < -0.4 is 28.4 Å². The molecule has 0 aliphatic carbocycles. The molecule has 0 heterocycles. The highest BCUT2D eigenvalue weighted by atomic mass is 16.6. The number of benzene rings is 12. The smallest absolute Gasteiger partial charge is 0.343 e. The van der Waals surface area contributed by atoms with Crippen LogP contribution in [-0.4, -0.2) is 35.8 Å². The standard InChI is InChI=1S/C80H54O13/c81-73(55-19-7-1-8-20-55)87-67-43-31-61(32-44-67)79(62-33-45-68(46-34-62)88-74(82)56-21-9-2-10-22-56,63-35-47-69(48-36-63)89-75(83)57-23-11-3-12-24-57)93-80(64-37-49-70(50-38-64)90-76(84)58-25-13-4-14-26-58,65-39-51-71(52-40-65)91-77(85)59-27-15-5-16-28-59)66-41-53-72(54-42-66)92-78(86)60-29-17-6-18-30-60/h1-54H. The number of hydrogen-bond acceptors (Lipinski definition) is 13. The molecule has 13 heteroatoms. The Hall–Kier alpha value is -12.6. The Morgan fingerprint density at radius 2 is 0.301 bits per heavy atom. The summed E-state index contributed by atoms with van der Waals surface area (Å²) in [5.74, 6) is -2.41. The first-order valence-electron chi connectivity index (χ1n) is 29.5. The summed E-state index contributed by atoms with van der Waals surface area (Å²) in [6, 6.07) is 92.2. The number of esters is 6. The van der Waals surface area contributed by atoms with Gasteiger partial charge < -0.3 is 33.2 Å². The Labute approximate surface area is 535 Å². The number of ether oxygens (including phenoxy) is 7. The van der Waals surface area contributed by atoms with Gasteiger partial charge in [-0.25, -0.2) is 28.8 Å². The van der Waals surface area contributed by atoms with Crippen LogP contribution in [0.2, 0.25) is 0 Å². The van der Waals surface area contributed by atoms with Crippen LogP contribution in [0.4, 0.5) is 0 Å². The molecule has 0 saturated heterocycles. The lowest BCUT2D eigenvalue weighted by Gasteiger charge is -2.46. The highest BCUT2D eigenvalue weighted by molar-refractivity contribution is 5.94.